The molecule has 2 N–H and O–H groups in total. The molecule has 1 fully saturated rings. The van der Waals surface area contributed by atoms with Gasteiger partial charge >= 0.3 is 0 Å². The normalized spacial score (nSPS) is 23.9. The van der Waals surface area contributed by atoms with Crippen LogP contribution in [0.5, 0.6) is 0 Å². The Bertz CT molecular complexity index is 582. The molecule has 1 heterocycles. The van der Waals surface area contributed by atoms with E-state index in [1.165, 1.54) is 25.0 Å². The van der Waals surface area contributed by atoms with Crippen LogP contribution in [-0.2, 0) is 7.05 Å². The SMILES string of the molecule is Cn1c(C2CCC(CN)CC2)nc2cc(F)ccc21. The largest absolute Gasteiger partial charge is 0.331 e. The Hall–Kier alpha value is -1.42. The summed E-state index contributed by atoms with van der Waals surface area (Å²) in [6.07, 6.45) is 4.64. The number of hydrogen-bond acceptors (Lipinski definition) is 2. The van der Waals surface area contributed by atoms with Crippen molar-refractivity contribution >= 4 is 11.0 Å². The second kappa shape index (κ2) is 4.93. The van der Waals surface area contributed by atoms with Crippen molar-refractivity contribution in [2.45, 2.75) is 31.6 Å². The number of nitrogens with zero attached hydrogens (tertiary/aromatic N) is 2. The third kappa shape index (κ3) is 2.25. The van der Waals surface area contributed by atoms with E-state index in [9.17, 15) is 4.39 Å². The van der Waals surface area contributed by atoms with E-state index in [2.05, 4.69) is 9.55 Å². The molecule has 0 bridgehead atoms. The highest BCUT2D eigenvalue weighted by Crippen LogP contribution is 2.35. The maximum absolute atomic E-state index is 13.3. The first-order valence-corrected chi connectivity index (χ1v) is 7.01. The van der Waals surface area contributed by atoms with Gasteiger partial charge in [0.2, 0.25) is 0 Å². The number of rotatable bonds is 2. The molecule has 0 amide bonds. The maximum Gasteiger partial charge on any atom is 0.125 e. The van der Waals surface area contributed by atoms with Crippen LogP contribution in [-0.4, -0.2) is 16.1 Å². The lowest BCUT2D eigenvalue weighted by atomic mass is 9.81. The lowest BCUT2D eigenvalue weighted by Crippen LogP contribution is -2.21. The van der Waals surface area contributed by atoms with Crippen molar-refractivity contribution in [3.63, 3.8) is 0 Å². The van der Waals surface area contributed by atoms with E-state index in [1.807, 2.05) is 13.1 Å². The second-order valence-electron chi connectivity index (χ2n) is 5.62. The van der Waals surface area contributed by atoms with Gasteiger partial charge in [0.05, 0.1) is 11.0 Å². The number of nitrogens with two attached hydrogens (primary N) is 1. The quantitative estimate of drug-likeness (QED) is 0.903. The van der Waals surface area contributed by atoms with E-state index in [-0.39, 0.29) is 5.82 Å². The van der Waals surface area contributed by atoms with Crippen molar-refractivity contribution < 1.29 is 4.39 Å². The molecule has 0 radical (unpaired) electrons. The van der Waals surface area contributed by atoms with Gasteiger partial charge in [0, 0.05) is 19.0 Å². The van der Waals surface area contributed by atoms with Crippen LogP contribution in [0.15, 0.2) is 18.2 Å². The standard InChI is InChI=1S/C15H20FN3/c1-19-14-7-6-12(16)8-13(14)18-15(19)11-4-2-10(9-17)3-5-11/h6-8,10-11H,2-5,9,17H2,1H3. The Kier molecular flexibility index (Phi) is 3.27. The monoisotopic (exact) mass is 261 g/mol. The van der Waals surface area contributed by atoms with Gasteiger partial charge in [-0.1, -0.05) is 0 Å². The van der Waals surface area contributed by atoms with Crippen LogP contribution in [0.3, 0.4) is 0 Å². The molecule has 0 spiro atoms. The zero-order valence-corrected chi connectivity index (χ0v) is 11.3. The van der Waals surface area contributed by atoms with Gasteiger partial charge in [-0.25, -0.2) is 9.37 Å². The molecule has 1 aliphatic rings. The minimum atomic E-state index is -0.219. The molecule has 3 rings (SSSR count). The molecule has 0 aliphatic heterocycles. The molecule has 1 aromatic carbocycles. The number of hydrogen-bond donors (Lipinski definition) is 1. The molecule has 0 saturated heterocycles. The third-order valence-corrected chi connectivity index (χ3v) is 4.42. The maximum atomic E-state index is 13.3. The van der Waals surface area contributed by atoms with Gasteiger partial charge in [-0.15, -0.1) is 0 Å². The van der Waals surface area contributed by atoms with Crippen molar-refractivity contribution in [1.82, 2.24) is 9.55 Å². The summed E-state index contributed by atoms with van der Waals surface area (Å²) in [5.41, 5.74) is 7.51. The fraction of sp³-hybridized carbons (Fsp3) is 0.533. The molecule has 3 nitrogen and oxygen atoms in total. The van der Waals surface area contributed by atoms with Crippen molar-refractivity contribution in [2.24, 2.45) is 18.7 Å². The third-order valence-electron chi connectivity index (χ3n) is 4.42. The van der Waals surface area contributed by atoms with Crippen LogP contribution in [0.4, 0.5) is 4.39 Å². The summed E-state index contributed by atoms with van der Waals surface area (Å²) in [7, 11) is 2.03. The molecule has 102 valence electrons. The Morgan fingerprint density at radius 1 is 1.32 bits per heavy atom. The van der Waals surface area contributed by atoms with Crippen LogP contribution < -0.4 is 5.73 Å². The van der Waals surface area contributed by atoms with Gasteiger partial charge < -0.3 is 10.3 Å². The first-order valence-electron chi connectivity index (χ1n) is 7.01. The molecule has 2 aromatic rings. The van der Waals surface area contributed by atoms with Gasteiger partial charge in [0.1, 0.15) is 11.6 Å². The lowest BCUT2D eigenvalue weighted by molar-refractivity contribution is 0.323. The van der Waals surface area contributed by atoms with Crippen LogP contribution in [0.25, 0.3) is 11.0 Å². The van der Waals surface area contributed by atoms with Crippen molar-refractivity contribution in [3.8, 4) is 0 Å². The summed E-state index contributed by atoms with van der Waals surface area (Å²) in [5.74, 6) is 2.03. The highest BCUT2D eigenvalue weighted by molar-refractivity contribution is 5.76. The number of aryl methyl sites for hydroxylation is 1. The minimum Gasteiger partial charge on any atom is -0.331 e. The summed E-state index contributed by atoms with van der Waals surface area (Å²) in [4.78, 5) is 4.64. The molecule has 0 atom stereocenters. The smallest absolute Gasteiger partial charge is 0.125 e. The summed E-state index contributed by atoms with van der Waals surface area (Å²) >= 11 is 0. The number of imidazole rings is 1. The second-order valence-corrected chi connectivity index (χ2v) is 5.62. The minimum absolute atomic E-state index is 0.219. The molecule has 19 heavy (non-hydrogen) atoms. The summed E-state index contributed by atoms with van der Waals surface area (Å²) < 4.78 is 15.4. The summed E-state index contributed by atoms with van der Waals surface area (Å²) in [6.45, 7) is 0.792. The number of aromatic nitrogens is 2. The first kappa shape index (κ1) is 12.6. The predicted molar refractivity (Wildman–Crippen MR) is 74.4 cm³/mol. The summed E-state index contributed by atoms with van der Waals surface area (Å²) in [6, 6.07) is 4.83. The van der Waals surface area contributed by atoms with Gasteiger partial charge in [0.25, 0.3) is 0 Å². The number of benzene rings is 1. The summed E-state index contributed by atoms with van der Waals surface area (Å²) in [5, 5.41) is 0. The fourth-order valence-corrected chi connectivity index (χ4v) is 3.21. The molecule has 4 heteroatoms. The highest BCUT2D eigenvalue weighted by Gasteiger charge is 2.25. The molecule has 1 aliphatic carbocycles. The van der Waals surface area contributed by atoms with E-state index >= 15 is 0 Å². The fourth-order valence-electron chi connectivity index (χ4n) is 3.21. The van der Waals surface area contributed by atoms with Crippen LogP contribution in [0.1, 0.15) is 37.4 Å². The van der Waals surface area contributed by atoms with E-state index in [1.54, 1.807) is 0 Å². The Balaban J connectivity index is 1.91. The molecular formula is C15H20FN3. The van der Waals surface area contributed by atoms with Gasteiger partial charge in [-0.3, -0.25) is 0 Å². The van der Waals surface area contributed by atoms with Gasteiger partial charge in [0.15, 0.2) is 0 Å². The van der Waals surface area contributed by atoms with E-state index in [4.69, 9.17) is 5.73 Å². The molecule has 1 saturated carbocycles. The van der Waals surface area contributed by atoms with Crippen LogP contribution in [0, 0.1) is 11.7 Å². The molecular weight excluding hydrogens is 241 g/mol. The average Bonchev–Trinajstić information content (AvgIpc) is 2.75. The Morgan fingerprint density at radius 3 is 2.74 bits per heavy atom. The van der Waals surface area contributed by atoms with Crippen LogP contribution >= 0.6 is 0 Å². The van der Waals surface area contributed by atoms with E-state index in [0.717, 1.165) is 36.2 Å². The average molecular weight is 261 g/mol. The predicted octanol–water partition coefficient (Wildman–Crippen LogP) is 2.94. The van der Waals surface area contributed by atoms with E-state index < -0.39 is 0 Å². The van der Waals surface area contributed by atoms with Crippen molar-refractivity contribution in [1.29, 1.82) is 0 Å². The lowest BCUT2D eigenvalue weighted by Gasteiger charge is -2.27. The van der Waals surface area contributed by atoms with Crippen LogP contribution in [0.2, 0.25) is 0 Å². The number of halogens is 1. The Labute approximate surface area is 112 Å². The van der Waals surface area contributed by atoms with Gasteiger partial charge in [-0.05, 0) is 50.3 Å². The van der Waals surface area contributed by atoms with Gasteiger partial charge in [-0.2, -0.15) is 0 Å². The first-order chi connectivity index (χ1) is 9.19. The van der Waals surface area contributed by atoms with Crippen molar-refractivity contribution in [2.75, 3.05) is 6.54 Å². The van der Waals surface area contributed by atoms with E-state index in [0.29, 0.717) is 11.8 Å². The molecule has 0 unspecified atom stereocenters. The zero-order valence-electron chi connectivity index (χ0n) is 11.3. The zero-order chi connectivity index (χ0) is 13.4. The topological polar surface area (TPSA) is 43.8 Å². The number of fused-ring (bicyclic) bond motifs is 1. The highest BCUT2D eigenvalue weighted by atomic mass is 19.1. The van der Waals surface area contributed by atoms with Crippen molar-refractivity contribution in [3.05, 3.63) is 29.8 Å². The Morgan fingerprint density at radius 2 is 2.05 bits per heavy atom. The molecule has 1 aromatic heterocycles.